The first kappa shape index (κ1) is 16.5. The van der Waals surface area contributed by atoms with E-state index in [1.165, 1.54) is 0 Å². The molecule has 0 N–H and O–H groups in total. The molecule has 0 fully saturated rings. The Hall–Kier alpha value is -2.32. The molecular weight excluding hydrogens is 336 g/mol. The van der Waals surface area contributed by atoms with E-state index in [9.17, 15) is 17.2 Å². The van der Waals surface area contributed by atoms with Crippen LogP contribution < -0.4 is 0 Å². The predicted octanol–water partition coefficient (Wildman–Crippen LogP) is 2.82. The van der Waals surface area contributed by atoms with E-state index in [4.69, 9.17) is 0 Å². The van der Waals surface area contributed by atoms with Crippen molar-refractivity contribution in [2.24, 2.45) is 0 Å². The van der Waals surface area contributed by atoms with Gasteiger partial charge in [-0.05, 0) is 24.3 Å². The smallest absolute Gasteiger partial charge is 0.249 e. The van der Waals surface area contributed by atoms with Gasteiger partial charge >= 0.3 is 0 Å². The van der Waals surface area contributed by atoms with Crippen molar-refractivity contribution in [1.82, 2.24) is 13.7 Å². The molecule has 126 valence electrons. The molecule has 0 spiro atoms. The molecule has 2 heterocycles. The van der Waals surface area contributed by atoms with Crippen LogP contribution in [0.3, 0.4) is 0 Å². The first-order valence-electron chi connectivity index (χ1n) is 7.30. The Morgan fingerprint density at radius 1 is 1.12 bits per heavy atom. The second kappa shape index (κ2) is 6.29. The Kier molecular flexibility index (Phi) is 4.33. The van der Waals surface area contributed by atoms with Crippen molar-refractivity contribution in [3.05, 3.63) is 66.1 Å². The van der Waals surface area contributed by atoms with Gasteiger partial charge in [-0.1, -0.05) is 19.1 Å². The third-order valence-electron chi connectivity index (χ3n) is 3.70. The number of fused-ring (bicyclic) bond motifs is 1. The van der Waals surface area contributed by atoms with Crippen LogP contribution in [-0.4, -0.2) is 28.7 Å². The van der Waals surface area contributed by atoms with Crippen molar-refractivity contribution in [2.75, 3.05) is 6.54 Å². The summed E-state index contributed by atoms with van der Waals surface area (Å²) in [5.74, 6) is -2.21. The molecule has 0 aliphatic heterocycles. The SMILES string of the molecule is CCN(Cc1cnc2ccccn12)S(=O)(=O)c1c(F)cccc1F. The van der Waals surface area contributed by atoms with E-state index in [1.807, 2.05) is 6.07 Å². The monoisotopic (exact) mass is 351 g/mol. The van der Waals surface area contributed by atoms with E-state index in [2.05, 4.69) is 4.98 Å². The van der Waals surface area contributed by atoms with Gasteiger partial charge in [0.1, 0.15) is 17.3 Å². The summed E-state index contributed by atoms with van der Waals surface area (Å²) in [5, 5.41) is 0. The topological polar surface area (TPSA) is 54.7 Å². The van der Waals surface area contributed by atoms with Gasteiger partial charge in [-0.3, -0.25) is 0 Å². The lowest BCUT2D eigenvalue weighted by atomic mass is 10.3. The van der Waals surface area contributed by atoms with E-state index in [0.717, 1.165) is 22.5 Å². The molecule has 0 amide bonds. The molecule has 0 saturated heterocycles. The number of sulfonamides is 1. The highest BCUT2D eigenvalue weighted by Crippen LogP contribution is 2.24. The second-order valence-electron chi connectivity index (χ2n) is 5.16. The number of aromatic nitrogens is 2. The molecule has 0 atom stereocenters. The highest BCUT2D eigenvalue weighted by Gasteiger charge is 2.30. The quantitative estimate of drug-likeness (QED) is 0.710. The fraction of sp³-hybridized carbons (Fsp3) is 0.188. The van der Waals surface area contributed by atoms with Crippen LogP contribution in [0.15, 0.2) is 53.7 Å². The summed E-state index contributed by atoms with van der Waals surface area (Å²) in [5.41, 5.74) is 1.27. The molecule has 5 nitrogen and oxygen atoms in total. The number of hydrogen-bond acceptors (Lipinski definition) is 3. The zero-order valence-corrected chi connectivity index (χ0v) is 13.7. The minimum atomic E-state index is -4.31. The average Bonchev–Trinajstić information content (AvgIpc) is 2.95. The highest BCUT2D eigenvalue weighted by molar-refractivity contribution is 7.89. The molecule has 1 aromatic carbocycles. The minimum absolute atomic E-state index is 0.0439. The second-order valence-corrected chi connectivity index (χ2v) is 7.04. The van der Waals surface area contributed by atoms with Crippen molar-refractivity contribution in [3.8, 4) is 0 Å². The third-order valence-corrected chi connectivity index (χ3v) is 5.67. The number of nitrogens with zero attached hydrogens (tertiary/aromatic N) is 3. The van der Waals surface area contributed by atoms with Gasteiger partial charge in [0.15, 0.2) is 4.90 Å². The number of pyridine rings is 1. The Morgan fingerprint density at radius 2 is 1.83 bits per heavy atom. The summed E-state index contributed by atoms with van der Waals surface area (Å²) >= 11 is 0. The number of imidazole rings is 1. The zero-order valence-electron chi connectivity index (χ0n) is 12.9. The normalized spacial score (nSPS) is 12.2. The fourth-order valence-electron chi connectivity index (χ4n) is 2.51. The van der Waals surface area contributed by atoms with Crippen LogP contribution in [0.2, 0.25) is 0 Å². The van der Waals surface area contributed by atoms with Crippen LogP contribution in [0, 0.1) is 11.6 Å². The Labute approximate surface area is 138 Å². The molecule has 8 heteroatoms. The maximum Gasteiger partial charge on any atom is 0.249 e. The van der Waals surface area contributed by atoms with Crippen molar-refractivity contribution in [2.45, 2.75) is 18.4 Å². The van der Waals surface area contributed by atoms with E-state index < -0.39 is 26.6 Å². The Balaban J connectivity index is 2.02. The predicted molar refractivity (Wildman–Crippen MR) is 84.8 cm³/mol. The van der Waals surface area contributed by atoms with Gasteiger partial charge in [0.2, 0.25) is 10.0 Å². The summed E-state index contributed by atoms with van der Waals surface area (Å²) < 4.78 is 55.9. The molecule has 3 aromatic rings. The fourth-order valence-corrected chi connectivity index (χ4v) is 4.04. The third kappa shape index (κ3) is 2.78. The van der Waals surface area contributed by atoms with Crippen LogP contribution in [0.5, 0.6) is 0 Å². The first-order valence-corrected chi connectivity index (χ1v) is 8.74. The summed E-state index contributed by atoms with van der Waals surface area (Å²) in [6, 6.07) is 8.37. The van der Waals surface area contributed by atoms with Gasteiger partial charge in [-0.25, -0.2) is 22.2 Å². The molecule has 0 aliphatic rings. The molecular formula is C16H15F2N3O2S. The lowest BCUT2D eigenvalue weighted by Gasteiger charge is -2.20. The summed E-state index contributed by atoms with van der Waals surface area (Å²) in [4.78, 5) is 3.26. The van der Waals surface area contributed by atoms with E-state index >= 15 is 0 Å². The van der Waals surface area contributed by atoms with E-state index in [1.54, 1.807) is 35.9 Å². The van der Waals surface area contributed by atoms with Crippen LogP contribution in [0.25, 0.3) is 5.65 Å². The largest absolute Gasteiger partial charge is 0.303 e. The molecule has 3 rings (SSSR count). The number of hydrogen-bond donors (Lipinski definition) is 0. The highest BCUT2D eigenvalue weighted by atomic mass is 32.2. The van der Waals surface area contributed by atoms with E-state index in [-0.39, 0.29) is 13.1 Å². The number of benzene rings is 1. The van der Waals surface area contributed by atoms with Crippen molar-refractivity contribution in [1.29, 1.82) is 0 Å². The van der Waals surface area contributed by atoms with Gasteiger partial charge in [-0.15, -0.1) is 0 Å². The average molecular weight is 351 g/mol. The maximum absolute atomic E-state index is 13.9. The van der Waals surface area contributed by atoms with E-state index in [0.29, 0.717) is 11.3 Å². The number of halogens is 2. The molecule has 2 aromatic heterocycles. The van der Waals surface area contributed by atoms with Crippen molar-refractivity contribution < 1.29 is 17.2 Å². The standard InChI is InChI=1S/C16H15F2N3O2S/c1-2-20(11-12-10-19-15-8-3-4-9-21(12)15)24(22,23)16-13(17)6-5-7-14(16)18/h3-10H,2,11H2,1H3. The molecule has 0 bridgehead atoms. The first-order chi connectivity index (χ1) is 11.4. The number of rotatable bonds is 5. The van der Waals surface area contributed by atoms with Crippen LogP contribution in [0.4, 0.5) is 8.78 Å². The molecule has 0 unspecified atom stereocenters. The van der Waals surface area contributed by atoms with Gasteiger partial charge in [0.05, 0.1) is 18.4 Å². The van der Waals surface area contributed by atoms with Gasteiger partial charge in [0.25, 0.3) is 0 Å². The summed E-state index contributed by atoms with van der Waals surface area (Å²) in [6.07, 6.45) is 3.30. The lowest BCUT2D eigenvalue weighted by molar-refractivity contribution is 0.407. The Bertz CT molecular complexity index is 966. The van der Waals surface area contributed by atoms with Gasteiger partial charge in [0, 0.05) is 12.7 Å². The van der Waals surface area contributed by atoms with Crippen molar-refractivity contribution in [3.63, 3.8) is 0 Å². The molecule has 0 aliphatic carbocycles. The Morgan fingerprint density at radius 3 is 2.50 bits per heavy atom. The lowest BCUT2D eigenvalue weighted by Crippen LogP contribution is -2.32. The van der Waals surface area contributed by atoms with Crippen LogP contribution in [0.1, 0.15) is 12.6 Å². The molecule has 0 saturated carbocycles. The molecule has 0 radical (unpaired) electrons. The summed E-state index contributed by atoms with van der Waals surface area (Å²) in [7, 11) is -4.31. The van der Waals surface area contributed by atoms with Gasteiger partial charge < -0.3 is 4.40 Å². The van der Waals surface area contributed by atoms with Crippen molar-refractivity contribution >= 4 is 15.7 Å². The summed E-state index contributed by atoms with van der Waals surface area (Å²) in [6.45, 7) is 1.63. The van der Waals surface area contributed by atoms with Crippen LogP contribution in [-0.2, 0) is 16.6 Å². The minimum Gasteiger partial charge on any atom is -0.303 e. The zero-order chi connectivity index (χ0) is 17.3. The van der Waals surface area contributed by atoms with Gasteiger partial charge in [-0.2, -0.15) is 4.31 Å². The molecule has 24 heavy (non-hydrogen) atoms. The van der Waals surface area contributed by atoms with Crippen LogP contribution >= 0.6 is 0 Å². The maximum atomic E-state index is 13.9.